The van der Waals surface area contributed by atoms with Crippen molar-refractivity contribution in [1.29, 1.82) is 0 Å². The number of rotatable bonds is 8. The smallest absolute Gasteiger partial charge is 0.0541 e. The van der Waals surface area contributed by atoms with E-state index in [9.17, 15) is 0 Å². The molecule has 2 aliphatic rings. The van der Waals surface area contributed by atoms with Gasteiger partial charge in [0.05, 0.1) is 11.0 Å². The Balaban J connectivity index is 1.20. The van der Waals surface area contributed by atoms with E-state index in [4.69, 9.17) is 0 Å². The molecule has 5 aromatic carbocycles. The molecule has 0 aliphatic heterocycles. The molecule has 0 fully saturated rings. The molecule has 0 spiro atoms. The number of benzene rings is 5. The van der Waals surface area contributed by atoms with Crippen LogP contribution in [0.15, 0.2) is 157 Å². The monoisotopic (exact) mass is 621 g/mol. The normalized spacial score (nSPS) is 18.5. The number of para-hydroxylation sites is 1. The van der Waals surface area contributed by atoms with E-state index in [1.807, 2.05) is 0 Å². The van der Waals surface area contributed by atoms with Crippen LogP contribution in [0.5, 0.6) is 0 Å². The second-order valence-corrected chi connectivity index (χ2v) is 13.6. The van der Waals surface area contributed by atoms with Crippen molar-refractivity contribution in [2.24, 2.45) is 11.8 Å². The quantitative estimate of drug-likeness (QED) is 0.159. The average molecular weight is 622 g/mol. The van der Waals surface area contributed by atoms with Crippen LogP contribution in [0.1, 0.15) is 56.2 Å². The van der Waals surface area contributed by atoms with Gasteiger partial charge in [0, 0.05) is 28.3 Å². The molecular weight excluding hydrogens is 579 g/mol. The molecule has 0 saturated carbocycles. The molecular formula is C47H43N. The highest BCUT2D eigenvalue weighted by atomic mass is 15.0. The van der Waals surface area contributed by atoms with Gasteiger partial charge in [0.1, 0.15) is 0 Å². The lowest BCUT2D eigenvalue weighted by Gasteiger charge is -2.22. The van der Waals surface area contributed by atoms with E-state index in [1.165, 1.54) is 78.4 Å². The van der Waals surface area contributed by atoms with Crippen molar-refractivity contribution in [3.05, 3.63) is 174 Å². The zero-order chi connectivity index (χ0) is 32.6. The van der Waals surface area contributed by atoms with Gasteiger partial charge in [-0.1, -0.05) is 154 Å². The standard InChI is InChI=1S/C47H43N/c1-4-32(2)38-17-9-8-16-37(38)26-22-33(3)48-44-21-13-12-20-43(44)47-45(48)31-30-42-40-19-11-10-18-39(40)41(46(42)47)29-25-34-23-27-36(28-24-34)35-14-6-5-7-15-35/h5-24,26-28,30-32,38,41H,4,25,29H2,1-3H3/b33-22+,37-26-. The molecule has 0 saturated heterocycles. The van der Waals surface area contributed by atoms with Crippen molar-refractivity contribution >= 4 is 27.5 Å². The summed E-state index contributed by atoms with van der Waals surface area (Å²) in [5, 5.41) is 2.75. The fraction of sp³-hybridized carbons (Fsp3) is 0.191. The average Bonchev–Trinajstić information content (AvgIpc) is 3.66. The van der Waals surface area contributed by atoms with Crippen LogP contribution in [0, 0.1) is 11.8 Å². The van der Waals surface area contributed by atoms with Crippen LogP contribution in [-0.2, 0) is 6.42 Å². The maximum Gasteiger partial charge on any atom is 0.0541 e. The summed E-state index contributed by atoms with van der Waals surface area (Å²) in [7, 11) is 0. The second-order valence-electron chi connectivity index (χ2n) is 13.6. The first kappa shape index (κ1) is 30.2. The summed E-state index contributed by atoms with van der Waals surface area (Å²) in [6.45, 7) is 6.92. The topological polar surface area (TPSA) is 4.93 Å². The highest BCUT2D eigenvalue weighted by Crippen LogP contribution is 2.51. The first-order chi connectivity index (χ1) is 23.6. The maximum atomic E-state index is 2.49. The molecule has 48 heavy (non-hydrogen) atoms. The van der Waals surface area contributed by atoms with E-state index in [1.54, 1.807) is 0 Å². The van der Waals surface area contributed by atoms with E-state index in [0.29, 0.717) is 17.8 Å². The summed E-state index contributed by atoms with van der Waals surface area (Å²) in [6.07, 6.45) is 17.0. The summed E-state index contributed by atoms with van der Waals surface area (Å²) in [6, 6.07) is 42.7. The number of aryl methyl sites for hydroxylation is 1. The van der Waals surface area contributed by atoms with E-state index in [0.717, 1.165) is 12.8 Å². The molecule has 3 atom stereocenters. The van der Waals surface area contributed by atoms with Crippen molar-refractivity contribution in [2.45, 2.75) is 46.0 Å². The minimum Gasteiger partial charge on any atom is -0.313 e. The van der Waals surface area contributed by atoms with Gasteiger partial charge in [0.15, 0.2) is 0 Å². The Kier molecular flexibility index (Phi) is 8.06. The van der Waals surface area contributed by atoms with E-state index >= 15 is 0 Å². The summed E-state index contributed by atoms with van der Waals surface area (Å²) in [5.41, 5.74) is 14.9. The number of allylic oxidation sites excluding steroid dienone is 8. The third-order valence-electron chi connectivity index (χ3n) is 10.9. The molecule has 1 aromatic heterocycles. The minimum atomic E-state index is 0.342. The van der Waals surface area contributed by atoms with E-state index < -0.39 is 0 Å². The fourth-order valence-corrected chi connectivity index (χ4v) is 8.17. The molecule has 8 rings (SSSR count). The van der Waals surface area contributed by atoms with Gasteiger partial charge in [-0.25, -0.2) is 0 Å². The highest BCUT2D eigenvalue weighted by Gasteiger charge is 2.32. The minimum absolute atomic E-state index is 0.342. The van der Waals surface area contributed by atoms with Gasteiger partial charge in [-0.3, -0.25) is 0 Å². The Morgan fingerprint density at radius 3 is 2.33 bits per heavy atom. The van der Waals surface area contributed by atoms with Crippen LogP contribution in [0.2, 0.25) is 0 Å². The van der Waals surface area contributed by atoms with Crippen LogP contribution in [0.25, 0.3) is 49.8 Å². The Hall–Kier alpha value is -5.14. The third-order valence-corrected chi connectivity index (χ3v) is 10.9. The van der Waals surface area contributed by atoms with E-state index in [-0.39, 0.29) is 0 Å². The molecule has 0 bridgehead atoms. The molecule has 3 unspecified atom stereocenters. The van der Waals surface area contributed by atoms with Crippen LogP contribution >= 0.6 is 0 Å². The van der Waals surface area contributed by atoms with Crippen LogP contribution in [0.3, 0.4) is 0 Å². The van der Waals surface area contributed by atoms with Gasteiger partial charge in [0.25, 0.3) is 0 Å². The van der Waals surface area contributed by atoms with Gasteiger partial charge in [-0.15, -0.1) is 0 Å². The summed E-state index contributed by atoms with van der Waals surface area (Å²) in [5.74, 6) is 1.41. The van der Waals surface area contributed by atoms with Gasteiger partial charge >= 0.3 is 0 Å². The largest absolute Gasteiger partial charge is 0.313 e. The number of nitrogens with zero attached hydrogens (tertiary/aromatic N) is 1. The molecule has 0 N–H and O–H groups in total. The summed E-state index contributed by atoms with van der Waals surface area (Å²) < 4.78 is 2.49. The molecule has 1 nitrogen and oxygen atoms in total. The van der Waals surface area contributed by atoms with Crippen LogP contribution in [0.4, 0.5) is 0 Å². The lowest BCUT2D eigenvalue weighted by atomic mass is 9.82. The SMILES string of the molecule is CCC(C)C1C=CC=C/C1=C/C=C(\C)n1c2ccccc2c2c3c(ccc21)-c1ccccc1C3CCc1ccc(-c2ccccc2)cc1. The molecule has 236 valence electrons. The fourth-order valence-electron chi connectivity index (χ4n) is 8.17. The predicted molar refractivity (Wildman–Crippen MR) is 206 cm³/mol. The van der Waals surface area contributed by atoms with Crippen LogP contribution in [-0.4, -0.2) is 4.57 Å². The van der Waals surface area contributed by atoms with Crippen LogP contribution < -0.4 is 0 Å². The third kappa shape index (κ3) is 5.28. The first-order valence-corrected chi connectivity index (χ1v) is 17.7. The first-order valence-electron chi connectivity index (χ1n) is 17.7. The Labute approximate surface area is 285 Å². The van der Waals surface area contributed by atoms with Crippen molar-refractivity contribution in [3.63, 3.8) is 0 Å². The Morgan fingerprint density at radius 2 is 1.50 bits per heavy atom. The Morgan fingerprint density at radius 1 is 0.750 bits per heavy atom. The second kappa shape index (κ2) is 12.8. The lowest BCUT2D eigenvalue weighted by Crippen LogP contribution is -2.11. The molecule has 1 heterocycles. The van der Waals surface area contributed by atoms with Crippen molar-refractivity contribution in [3.8, 4) is 22.3 Å². The zero-order valence-electron chi connectivity index (χ0n) is 28.2. The summed E-state index contributed by atoms with van der Waals surface area (Å²) >= 11 is 0. The molecule has 6 aromatic rings. The predicted octanol–water partition coefficient (Wildman–Crippen LogP) is 12.8. The van der Waals surface area contributed by atoms with Crippen molar-refractivity contribution in [1.82, 2.24) is 4.57 Å². The maximum absolute atomic E-state index is 2.49. The van der Waals surface area contributed by atoms with Gasteiger partial charge in [0.2, 0.25) is 0 Å². The zero-order valence-corrected chi connectivity index (χ0v) is 28.2. The number of hydrogen-bond acceptors (Lipinski definition) is 0. The molecule has 2 aliphatic carbocycles. The molecule has 0 amide bonds. The summed E-state index contributed by atoms with van der Waals surface area (Å²) in [4.78, 5) is 0. The lowest BCUT2D eigenvalue weighted by molar-refractivity contribution is 0.469. The highest BCUT2D eigenvalue weighted by molar-refractivity contribution is 6.14. The van der Waals surface area contributed by atoms with Crippen molar-refractivity contribution < 1.29 is 0 Å². The van der Waals surface area contributed by atoms with Gasteiger partial charge < -0.3 is 4.57 Å². The molecule has 0 radical (unpaired) electrons. The Bertz CT molecular complexity index is 2240. The van der Waals surface area contributed by atoms with Gasteiger partial charge in [-0.2, -0.15) is 0 Å². The molecule has 1 heteroatoms. The van der Waals surface area contributed by atoms with E-state index in [2.05, 4.69) is 177 Å². The number of hydrogen-bond donors (Lipinski definition) is 0. The number of fused-ring (bicyclic) bond motifs is 7. The van der Waals surface area contributed by atoms with Gasteiger partial charge in [-0.05, 0) is 88.4 Å². The van der Waals surface area contributed by atoms with Crippen molar-refractivity contribution in [2.75, 3.05) is 0 Å². The number of aromatic nitrogens is 1.